The highest BCUT2D eigenvalue weighted by molar-refractivity contribution is 6.23. The van der Waals surface area contributed by atoms with Crippen molar-refractivity contribution in [1.29, 1.82) is 0 Å². The molecule has 1 unspecified atom stereocenters. The van der Waals surface area contributed by atoms with E-state index in [2.05, 4.69) is 10.3 Å². The maximum Gasteiger partial charge on any atom is 0.429 e. The molecule has 1 N–H and O–H groups in total. The third-order valence-corrected chi connectivity index (χ3v) is 5.29. The monoisotopic (exact) mass is 421 g/mol. The fourth-order valence-corrected chi connectivity index (χ4v) is 3.39. The van der Waals surface area contributed by atoms with Crippen molar-refractivity contribution in [1.82, 2.24) is 10.3 Å². The highest BCUT2D eigenvalue weighted by Gasteiger charge is 2.48. The van der Waals surface area contributed by atoms with Gasteiger partial charge in [0.1, 0.15) is 11.3 Å². The van der Waals surface area contributed by atoms with E-state index in [4.69, 9.17) is 9.47 Å². The van der Waals surface area contributed by atoms with Crippen LogP contribution < -0.4 is 15.0 Å². The highest BCUT2D eigenvalue weighted by atomic mass is 19.4. The van der Waals surface area contributed by atoms with Gasteiger partial charge >= 0.3 is 12.2 Å². The number of alkyl halides is 3. The number of nitrogens with zero attached hydrogens (tertiary/aromatic N) is 2. The van der Waals surface area contributed by atoms with E-state index in [-0.39, 0.29) is 35.2 Å². The van der Waals surface area contributed by atoms with E-state index in [1.165, 1.54) is 24.4 Å². The molecule has 2 aliphatic heterocycles. The molecule has 3 amide bonds. The molecule has 10 heteroatoms. The van der Waals surface area contributed by atoms with Gasteiger partial charge in [-0.3, -0.25) is 4.79 Å². The minimum absolute atomic E-state index is 0.00908. The van der Waals surface area contributed by atoms with Crippen LogP contribution in [-0.2, 0) is 9.53 Å². The summed E-state index contributed by atoms with van der Waals surface area (Å²) in [5.74, 6) is -0.0679. The Kier molecular flexibility index (Phi) is 4.59. The number of ether oxygens (including phenoxy) is 2. The van der Waals surface area contributed by atoms with Crippen molar-refractivity contribution in [3.8, 4) is 5.88 Å². The van der Waals surface area contributed by atoms with E-state index >= 15 is 0 Å². The molecule has 3 heterocycles. The number of carbonyl (C=O) groups is 2. The Balaban J connectivity index is 1.50. The summed E-state index contributed by atoms with van der Waals surface area (Å²) in [6.07, 6.45) is -0.545. The zero-order valence-corrected chi connectivity index (χ0v) is 16.1. The van der Waals surface area contributed by atoms with E-state index < -0.39 is 23.9 Å². The number of hydrogen-bond donors (Lipinski definition) is 1. The van der Waals surface area contributed by atoms with Gasteiger partial charge in [0, 0.05) is 11.6 Å². The van der Waals surface area contributed by atoms with Gasteiger partial charge in [-0.15, -0.1) is 0 Å². The number of halogens is 3. The Bertz CT molecular complexity index is 998. The second-order valence-electron chi connectivity index (χ2n) is 7.32. The molecule has 2 atom stereocenters. The second kappa shape index (κ2) is 6.89. The molecule has 1 aromatic rings. The standard InChI is InChI=1S/C20H18F3N3O4/c1-3-19(2)17(27)26(18(28)25-19)12-5-7-15(24-9-12)30-13-6-4-11-10-29-16(14(11)8-13)20(21,22)23/h5-10,16H,3-4H2,1-2H3,(H,25,28)/t16?,19-/m1/s1. The number of anilines is 1. The number of carbonyl (C=O) groups excluding carboxylic acids is 2. The summed E-state index contributed by atoms with van der Waals surface area (Å²) in [6.45, 7) is 3.44. The number of pyridine rings is 1. The molecule has 0 spiro atoms. The maximum absolute atomic E-state index is 13.1. The molecule has 3 aliphatic rings. The summed E-state index contributed by atoms with van der Waals surface area (Å²) in [6, 6.07) is 2.38. The lowest BCUT2D eigenvalue weighted by molar-refractivity contribution is -0.188. The molecule has 0 aromatic carbocycles. The summed E-state index contributed by atoms with van der Waals surface area (Å²) in [7, 11) is 0. The smallest absolute Gasteiger partial charge is 0.429 e. The number of hydrogen-bond acceptors (Lipinski definition) is 5. The lowest BCUT2D eigenvalue weighted by Gasteiger charge is -2.20. The van der Waals surface area contributed by atoms with Crippen LogP contribution in [0.1, 0.15) is 26.7 Å². The first-order chi connectivity index (χ1) is 14.1. The minimum atomic E-state index is -4.53. The fraction of sp³-hybridized carbons (Fsp3) is 0.350. The largest absolute Gasteiger partial charge is 0.483 e. The Morgan fingerprint density at radius 3 is 2.73 bits per heavy atom. The van der Waals surface area contributed by atoms with Crippen molar-refractivity contribution in [3.63, 3.8) is 0 Å². The summed E-state index contributed by atoms with van der Waals surface area (Å²) >= 11 is 0. The predicted octanol–water partition coefficient (Wildman–Crippen LogP) is 3.74. The predicted molar refractivity (Wildman–Crippen MR) is 99.4 cm³/mol. The summed E-state index contributed by atoms with van der Waals surface area (Å²) in [4.78, 5) is 29.8. The lowest BCUT2D eigenvalue weighted by atomic mass is 9.95. The van der Waals surface area contributed by atoms with Gasteiger partial charge < -0.3 is 14.8 Å². The quantitative estimate of drug-likeness (QED) is 0.749. The number of allylic oxidation sites excluding steroid dienone is 2. The van der Waals surface area contributed by atoms with Crippen LogP contribution in [0.5, 0.6) is 5.88 Å². The topological polar surface area (TPSA) is 80.8 Å². The van der Waals surface area contributed by atoms with Gasteiger partial charge in [0.2, 0.25) is 12.0 Å². The highest BCUT2D eigenvalue weighted by Crippen LogP contribution is 2.40. The van der Waals surface area contributed by atoms with Crippen LogP contribution in [-0.4, -0.2) is 34.7 Å². The van der Waals surface area contributed by atoms with Crippen molar-refractivity contribution in [2.24, 2.45) is 0 Å². The van der Waals surface area contributed by atoms with Gasteiger partial charge in [0.25, 0.3) is 5.91 Å². The summed E-state index contributed by atoms with van der Waals surface area (Å²) in [5, 5.41) is 2.65. The molecule has 0 bridgehead atoms. The van der Waals surface area contributed by atoms with Crippen molar-refractivity contribution >= 4 is 17.6 Å². The van der Waals surface area contributed by atoms with E-state index in [9.17, 15) is 22.8 Å². The first kappa shape index (κ1) is 20.0. The number of urea groups is 1. The van der Waals surface area contributed by atoms with Crippen molar-refractivity contribution < 1.29 is 32.2 Å². The normalized spacial score (nSPS) is 25.8. The summed E-state index contributed by atoms with van der Waals surface area (Å²) < 4.78 is 49.6. The third-order valence-electron chi connectivity index (χ3n) is 5.29. The molecule has 7 nitrogen and oxygen atoms in total. The molecular formula is C20H18F3N3O4. The first-order valence-electron chi connectivity index (χ1n) is 9.26. The molecule has 1 fully saturated rings. The molecule has 1 saturated heterocycles. The van der Waals surface area contributed by atoms with Crippen LogP contribution in [0.15, 0.2) is 53.6 Å². The third kappa shape index (κ3) is 3.31. The van der Waals surface area contributed by atoms with Crippen LogP contribution in [0.2, 0.25) is 0 Å². The number of aromatic nitrogens is 1. The Morgan fingerprint density at radius 1 is 1.37 bits per heavy atom. The van der Waals surface area contributed by atoms with Crippen LogP contribution in [0, 0.1) is 0 Å². The minimum Gasteiger partial charge on any atom is -0.483 e. The van der Waals surface area contributed by atoms with Gasteiger partial charge in [0.05, 0.1) is 18.1 Å². The van der Waals surface area contributed by atoms with Crippen molar-refractivity contribution in [3.05, 3.63) is 53.6 Å². The molecule has 0 saturated carbocycles. The van der Waals surface area contributed by atoms with E-state index in [1.54, 1.807) is 19.9 Å². The van der Waals surface area contributed by atoms with Crippen molar-refractivity contribution in [2.75, 3.05) is 4.90 Å². The van der Waals surface area contributed by atoms with Gasteiger partial charge in [-0.1, -0.05) is 6.92 Å². The molecule has 1 aliphatic carbocycles. The number of fused-ring (bicyclic) bond motifs is 1. The number of nitrogens with one attached hydrogen (secondary N) is 1. The molecular weight excluding hydrogens is 403 g/mol. The van der Waals surface area contributed by atoms with E-state index in [0.29, 0.717) is 12.0 Å². The molecule has 1 aromatic heterocycles. The molecule has 4 rings (SSSR count). The number of rotatable bonds is 4. The molecule has 30 heavy (non-hydrogen) atoms. The van der Waals surface area contributed by atoms with Gasteiger partial charge in [-0.2, -0.15) is 13.2 Å². The Hall–Kier alpha value is -3.30. The van der Waals surface area contributed by atoms with Gasteiger partial charge in [0.15, 0.2) is 0 Å². The zero-order chi connectivity index (χ0) is 21.7. The summed E-state index contributed by atoms with van der Waals surface area (Å²) in [5.41, 5.74) is -0.251. The molecule has 158 valence electrons. The van der Waals surface area contributed by atoms with Crippen LogP contribution in [0.25, 0.3) is 0 Å². The zero-order valence-electron chi connectivity index (χ0n) is 16.1. The van der Waals surface area contributed by atoms with Crippen LogP contribution in [0.4, 0.5) is 23.7 Å². The number of imide groups is 1. The first-order valence-corrected chi connectivity index (χ1v) is 9.26. The van der Waals surface area contributed by atoms with Gasteiger partial charge in [-0.05, 0) is 43.6 Å². The Morgan fingerprint density at radius 2 is 2.13 bits per heavy atom. The maximum atomic E-state index is 13.1. The average molecular weight is 421 g/mol. The van der Waals surface area contributed by atoms with E-state index in [1.807, 2.05) is 0 Å². The van der Waals surface area contributed by atoms with Crippen LogP contribution >= 0.6 is 0 Å². The van der Waals surface area contributed by atoms with E-state index in [0.717, 1.165) is 11.2 Å². The lowest BCUT2D eigenvalue weighted by Crippen LogP contribution is -2.43. The molecule has 0 radical (unpaired) electrons. The van der Waals surface area contributed by atoms with Crippen LogP contribution in [0.3, 0.4) is 0 Å². The van der Waals surface area contributed by atoms with Gasteiger partial charge in [-0.25, -0.2) is 14.7 Å². The second-order valence-corrected chi connectivity index (χ2v) is 7.32. The fourth-order valence-electron chi connectivity index (χ4n) is 3.39. The average Bonchev–Trinajstić information content (AvgIpc) is 3.21. The van der Waals surface area contributed by atoms with Crippen molar-refractivity contribution in [2.45, 2.75) is 44.5 Å². The Labute approximate surface area is 169 Å². The SMILES string of the molecule is CC[C@@]1(C)NC(=O)N(c2ccc(OC3=CCC4=COC(C(F)(F)F)C4=C3)nc2)C1=O. The number of amides is 3.